The molecule has 1 aromatic carbocycles. The van der Waals surface area contributed by atoms with Gasteiger partial charge in [-0.15, -0.1) is 0 Å². The van der Waals surface area contributed by atoms with Crippen molar-refractivity contribution < 1.29 is 4.52 Å². The van der Waals surface area contributed by atoms with Crippen molar-refractivity contribution in [1.29, 1.82) is 0 Å². The standard InChI is InChI=1S/C20H19N3O/c1-2-8-21-18(3-1)20-22-19(23-24-20)16-7-6-15-10-13-4-5-14(9-13)11-17(15)12-16/h1-3,6-8,12-14H,4-5,9-11H2. The molecule has 2 aliphatic carbocycles. The molecule has 4 nitrogen and oxygen atoms in total. The highest BCUT2D eigenvalue weighted by Gasteiger charge is 2.29. The van der Waals surface area contributed by atoms with Crippen molar-refractivity contribution in [1.82, 2.24) is 15.1 Å². The van der Waals surface area contributed by atoms with E-state index in [1.165, 1.54) is 43.2 Å². The van der Waals surface area contributed by atoms with Gasteiger partial charge < -0.3 is 4.52 Å². The highest BCUT2D eigenvalue weighted by atomic mass is 16.5. The van der Waals surface area contributed by atoms with Crippen LogP contribution in [0.3, 0.4) is 0 Å². The minimum absolute atomic E-state index is 0.472. The molecule has 5 rings (SSSR count). The second-order valence-electron chi connectivity index (χ2n) is 7.07. The molecule has 2 aromatic heterocycles. The molecular weight excluding hydrogens is 298 g/mol. The lowest BCUT2D eigenvalue weighted by Gasteiger charge is -2.13. The zero-order valence-electron chi connectivity index (χ0n) is 13.5. The Balaban J connectivity index is 1.49. The first kappa shape index (κ1) is 13.9. The van der Waals surface area contributed by atoms with Gasteiger partial charge in [-0.3, -0.25) is 4.98 Å². The molecule has 1 fully saturated rings. The van der Waals surface area contributed by atoms with Gasteiger partial charge in [0.15, 0.2) is 0 Å². The number of hydrogen-bond acceptors (Lipinski definition) is 4. The Labute approximate surface area is 140 Å². The fraction of sp³-hybridized carbons (Fsp3) is 0.350. The normalized spacial score (nSPS) is 22.2. The summed E-state index contributed by atoms with van der Waals surface area (Å²) in [5.74, 6) is 2.87. The minimum Gasteiger partial charge on any atom is -0.332 e. The van der Waals surface area contributed by atoms with Crippen LogP contribution in [0.5, 0.6) is 0 Å². The van der Waals surface area contributed by atoms with Gasteiger partial charge in [-0.25, -0.2) is 0 Å². The second-order valence-corrected chi connectivity index (χ2v) is 7.07. The number of hydrogen-bond donors (Lipinski definition) is 0. The van der Waals surface area contributed by atoms with Gasteiger partial charge in [-0.2, -0.15) is 4.98 Å². The van der Waals surface area contributed by atoms with Crippen LogP contribution in [0, 0.1) is 11.8 Å². The summed E-state index contributed by atoms with van der Waals surface area (Å²) in [5.41, 5.74) is 4.74. The summed E-state index contributed by atoms with van der Waals surface area (Å²) in [6.45, 7) is 0. The van der Waals surface area contributed by atoms with Crippen molar-refractivity contribution in [2.45, 2.75) is 32.1 Å². The maximum absolute atomic E-state index is 5.40. The summed E-state index contributed by atoms with van der Waals surface area (Å²) in [4.78, 5) is 8.80. The van der Waals surface area contributed by atoms with E-state index in [4.69, 9.17) is 4.52 Å². The van der Waals surface area contributed by atoms with Crippen LogP contribution in [-0.2, 0) is 12.8 Å². The molecule has 4 heteroatoms. The van der Waals surface area contributed by atoms with Crippen LogP contribution in [0.2, 0.25) is 0 Å². The average molecular weight is 317 g/mol. The fourth-order valence-electron chi connectivity index (χ4n) is 4.26. The average Bonchev–Trinajstić information content (AvgIpc) is 3.22. The Morgan fingerprint density at radius 2 is 1.83 bits per heavy atom. The Hall–Kier alpha value is -2.49. The van der Waals surface area contributed by atoms with Gasteiger partial charge in [-0.05, 0) is 73.3 Å². The van der Waals surface area contributed by atoms with Crippen molar-refractivity contribution in [3.8, 4) is 23.0 Å². The number of fused-ring (bicyclic) bond motifs is 3. The van der Waals surface area contributed by atoms with Crippen molar-refractivity contribution in [2.24, 2.45) is 11.8 Å². The first-order valence-electron chi connectivity index (χ1n) is 8.72. The largest absolute Gasteiger partial charge is 0.332 e. The van der Waals surface area contributed by atoms with E-state index in [9.17, 15) is 0 Å². The molecule has 0 radical (unpaired) electrons. The zero-order valence-corrected chi connectivity index (χ0v) is 13.5. The lowest BCUT2D eigenvalue weighted by Crippen LogP contribution is -2.02. The summed E-state index contributed by atoms with van der Waals surface area (Å²) in [6.07, 6.45) is 8.36. The summed E-state index contributed by atoms with van der Waals surface area (Å²) in [6, 6.07) is 12.3. The Kier molecular flexibility index (Phi) is 3.21. The third-order valence-electron chi connectivity index (χ3n) is 5.44. The van der Waals surface area contributed by atoms with E-state index in [1.54, 1.807) is 6.20 Å². The van der Waals surface area contributed by atoms with Crippen LogP contribution in [0.25, 0.3) is 23.0 Å². The molecule has 0 N–H and O–H groups in total. The Bertz CT molecular complexity index is 872. The SMILES string of the molecule is c1ccc(-c2nc(-c3ccc4c(c3)CC3CCC(C4)C3)no2)nc1. The molecule has 120 valence electrons. The van der Waals surface area contributed by atoms with Crippen LogP contribution >= 0.6 is 0 Å². The van der Waals surface area contributed by atoms with Gasteiger partial charge in [-0.1, -0.05) is 23.4 Å². The van der Waals surface area contributed by atoms with Crippen LogP contribution in [0.4, 0.5) is 0 Å². The number of benzene rings is 1. The number of aromatic nitrogens is 3. The zero-order chi connectivity index (χ0) is 15.9. The van der Waals surface area contributed by atoms with E-state index in [-0.39, 0.29) is 0 Å². The van der Waals surface area contributed by atoms with E-state index in [0.29, 0.717) is 17.4 Å². The minimum atomic E-state index is 0.472. The van der Waals surface area contributed by atoms with Gasteiger partial charge in [0.1, 0.15) is 5.69 Å². The van der Waals surface area contributed by atoms with Crippen molar-refractivity contribution in [2.75, 3.05) is 0 Å². The molecule has 2 heterocycles. The summed E-state index contributed by atoms with van der Waals surface area (Å²) >= 11 is 0. The molecule has 1 saturated carbocycles. The summed E-state index contributed by atoms with van der Waals surface area (Å²) in [7, 11) is 0. The molecule has 0 saturated heterocycles. The number of nitrogens with zero attached hydrogens (tertiary/aromatic N) is 3. The fourth-order valence-corrected chi connectivity index (χ4v) is 4.26. The molecular formula is C20H19N3O. The van der Waals surface area contributed by atoms with Crippen molar-refractivity contribution >= 4 is 0 Å². The van der Waals surface area contributed by atoms with Gasteiger partial charge in [0.25, 0.3) is 5.89 Å². The molecule has 0 amide bonds. The van der Waals surface area contributed by atoms with E-state index in [1.807, 2.05) is 18.2 Å². The molecule has 2 bridgehead atoms. The molecule has 2 aliphatic rings. The molecule has 0 spiro atoms. The highest BCUT2D eigenvalue weighted by Crippen LogP contribution is 2.40. The third kappa shape index (κ3) is 2.42. The Morgan fingerprint density at radius 1 is 0.958 bits per heavy atom. The summed E-state index contributed by atoms with van der Waals surface area (Å²) < 4.78 is 5.40. The lowest BCUT2D eigenvalue weighted by molar-refractivity contribution is 0.431. The number of pyridine rings is 1. The second kappa shape index (κ2) is 5.55. The molecule has 3 aromatic rings. The molecule has 24 heavy (non-hydrogen) atoms. The predicted molar refractivity (Wildman–Crippen MR) is 91.2 cm³/mol. The maximum Gasteiger partial charge on any atom is 0.276 e. The van der Waals surface area contributed by atoms with E-state index >= 15 is 0 Å². The predicted octanol–water partition coefficient (Wildman–Crippen LogP) is 4.31. The first-order valence-corrected chi connectivity index (χ1v) is 8.72. The first-order chi connectivity index (χ1) is 11.8. The van der Waals surface area contributed by atoms with Gasteiger partial charge >= 0.3 is 0 Å². The lowest BCUT2D eigenvalue weighted by atomic mass is 9.92. The Morgan fingerprint density at radius 3 is 2.67 bits per heavy atom. The topological polar surface area (TPSA) is 51.8 Å². The van der Waals surface area contributed by atoms with Crippen molar-refractivity contribution in [3.63, 3.8) is 0 Å². The van der Waals surface area contributed by atoms with E-state index in [0.717, 1.165) is 17.4 Å². The molecule has 2 atom stereocenters. The van der Waals surface area contributed by atoms with Crippen LogP contribution < -0.4 is 0 Å². The molecule has 0 aliphatic heterocycles. The summed E-state index contributed by atoms with van der Waals surface area (Å²) in [5, 5.41) is 4.16. The van der Waals surface area contributed by atoms with Crippen LogP contribution in [0.1, 0.15) is 30.4 Å². The highest BCUT2D eigenvalue weighted by molar-refractivity contribution is 5.60. The monoisotopic (exact) mass is 317 g/mol. The van der Waals surface area contributed by atoms with E-state index in [2.05, 4.69) is 33.3 Å². The van der Waals surface area contributed by atoms with Gasteiger partial charge in [0, 0.05) is 11.8 Å². The van der Waals surface area contributed by atoms with E-state index < -0.39 is 0 Å². The van der Waals surface area contributed by atoms with Crippen molar-refractivity contribution in [3.05, 3.63) is 53.7 Å². The molecule has 2 unspecified atom stereocenters. The quantitative estimate of drug-likeness (QED) is 0.706. The maximum atomic E-state index is 5.40. The number of rotatable bonds is 2. The smallest absolute Gasteiger partial charge is 0.276 e. The van der Waals surface area contributed by atoms with Gasteiger partial charge in [0.2, 0.25) is 5.82 Å². The van der Waals surface area contributed by atoms with Gasteiger partial charge in [0.05, 0.1) is 0 Å². The van der Waals surface area contributed by atoms with Crippen LogP contribution in [-0.4, -0.2) is 15.1 Å². The van der Waals surface area contributed by atoms with Crippen LogP contribution in [0.15, 0.2) is 47.1 Å². The third-order valence-corrected chi connectivity index (χ3v) is 5.44.